The number of fused-ring (bicyclic) bond motifs is 1. The molecule has 4 rings (SSSR count). The van der Waals surface area contributed by atoms with Crippen LogP contribution in [0.2, 0.25) is 0 Å². The Morgan fingerprint density at radius 1 is 1.10 bits per heavy atom. The molecule has 0 N–H and O–H groups in total. The average molecular weight is 391 g/mol. The molecule has 1 aliphatic heterocycles. The van der Waals surface area contributed by atoms with Gasteiger partial charge in [-0.3, -0.25) is 4.79 Å². The number of aromatic nitrogens is 2. The van der Waals surface area contributed by atoms with Crippen LogP contribution in [0.1, 0.15) is 19.8 Å². The molecule has 1 aliphatic rings. The van der Waals surface area contributed by atoms with E-state index in [0.29, 0.717) is 12.5 Å². The third-order valence-electron chi connectivity index (χ3n) is 5.39. The van der Waals surface area contributed by atoms with Crippen LogP contribution >= 0.6 is 0 Å². The first-order valence-electron chi connectivity index (χ1n) is 10.0. The number of hydrogen-bond acceptors (Lipinski definition) is 6. The SMILES string of the molecule is CCOC(=O)C1CCN(c2ccc3cc(-c4ccc(OC)nc4)ccc3n2)CC1. The smallest absolute Gasteiger partial charge is 0.309 e. The van der Waals surface area contributed by atoms with Crippen molar-refractivity contribution < 1.29 is 14.3 Å². The Morgan fingerprint density at radius 2 is 1.90 bits per heavy atom. The summed E-state index contributed by atoms with van der Waals surface area (Å²) in [4.78, 5) is 23.3. The normalized spacial score (nSPS) is 14.8. The van der Waals surface area contributed by atoms with Gasteiger partial charge in [0, 0.05) is 36.3 Å². The molecular formula is C23H25N3O3. The lowest BCUT2D eigenvalue weighted by Gasteiger charge is -2.31. The molecule has 0 amide bonds. The lowest BCUT2D eigenvalue weighted by molar-refractivity contribution is -0.148. The maximum absolute atomic E-state index is 11.9. The molecule has 0 saturated carbocycles. The highest BCUT2D eigenvalue weighted by molar-refractivity contribution is 5.85. The standard InChI is InChI=1S/C23H25N3O3/c1-3-29-23(27)16-10-12-26(13-11-16)21-8-5-18-14-17(4-7-20(18)25-21)19-6-9-22(28-2)24-15-19/h4-9,14-16H,3,10-13H2,1-2H3. The molecule has 0 radical (unpaired) electrons. The van der Waals surface area contributed by atoms with E-state index in [1.807, 2.05) is 31.3 Å². The number of benzene rings is 1. The Hall–Kier alpha value is -3.15. The minimum Gasteiger partial charge on any atom is -0.481 e. The molecule has 1 aromatic carbocycles. The van der Waals surface area contributed by atoms with Crippen molar-refractivity contribution in [1.29, 1.82) is 0 Å². The average Bonchev–Trinajstić information content (AvgIpc) is 2.78. The molecule has 150 valence electrons. The lowest BCUT2D eigenvalue weighted by Crippen LogP contribution is -2.37. The summed E-state index contributed by atoms with van der Waals surface area (Å²) in [5, 5.41) is 1.09. The van der Waals surface area contributed by atoms with Gasteiger partial charge in [-0.15, -0.1) is 0 Å². The van der Waals surface area contributed by atoms with Crippen LogP contribution in [0.3, 0.4) is 0 Å². The van der Waals surface area contributed by atoms with E-state index in [0.717, 1.165) is 53.8 Å². The fourth-order valence-electron chi connectivity index (χ4n) is 3.75. The van der Waals surface area contributed by atoms with Crippen molar-refractivity contribution in [2.75, 3.05) is 31.7 Å². The van der Waals surface area contributed by atoms with Crippen molar-refractivity contribution in [2.24, 2.45) is 5.92 Å². The fraction of sp³-hybridized carbons (Fsp3) is 0.348. The molecule has 0 aliphatic carbocycles. The van der Waals surface area contributed by atoms with Crippen molar-refractivity contribution >= 4 is 22.7 Å². The van der Waals surface area contributed by atoms with Gasteiger partial charge in [-0.25, -0.2) is 9.97 Å². The van der Waals surface area contributed by atoms with E-state index >= 15 is 0 Å². The number of anilines is 1. The van der Waals surface area contributed by atoms with Crippen LogP contribution in [-0.2, 0) is 9.53 Å². The van der Waals surface area contributed by atoms with Gasteiger partial charge < -0.3 is 14.4 Å². The Balaban J connectivity index is 1.49. The van der Waals surface area contributed by atoms with Crippen LogP contribution in [0, 0.1) is 5.92 Å². The number of carbonyl (C=O) groups excluding carboxylic acids is 1. The van der Waals surface area contributed by atoms with E-state index in [4.69, 9.17) is 14.5 Å². The van der Waals surface area contributed by atoms with Crippen LogP contribution in [0.4, 0.5) is 5.82 Å². The Kier molecular flexibility index (Phi) is 5.60. The van der Waals surface area contributed by atoms with Crippen LogP contribution in [0.15, 0.2) is 48.7 Å². The van der Waals surface area contributed by atoms with Gasteiger partial charge in [-0.1, -0.05) is 6.07 Å². The molecule has 6 nitrogen and oxygen atoms in total. The number of methoxy groups -OCH3 is 1. The zero-order valence-corrected chi connectivity index (χ0v) is 16.8. The van der Waals surface area contributed by atoms with Gasteiger partial charge in [0.05, 0.1) is 25.2 Å². The van der Waals surface area contributed by atoms with E-state index in [1.54, 1.807) is 7.11 Å². The minimum atomic E-state index is -0.0702. The highest BCUT2D eigenvalue weighted by atomic mass is 16.5. The van der Waals surface area contributed by atoms with E-state index in [1.165, 1.54) is 0 Å². The maximum atomic E-state index is 11.9. The van der Waals surface area contributed by atoms with Crippen LogP contribution in [0.25, 0.3) is 22.0 Å². The maximum Gasteiger partial charge on any atom is 0.309 e. The minimum absolute atomic E-state index is 0.00678. The lowest BCUT2D eigenvalue weighted by atomic mass is 9.97. The van der Waals surface area contributed by atoms with Gasteiger partial charge in [0.1, 0.15) is 5.82 Å². The summed E-state index contributed by atoms with van der Waals surface area (Å²) in [5.74, 6) is 1.50. The van der Waals surface area contributed by atoms with E-state index in [9.17, 15) is 4.79 Å². The first kappa shape index (κ1) is 19.2. The van der Waals surface area contributed by atoms with Crippen LogP contribution < -0.4 is 9.64 Å². The molecular weight excluding hydrogens is 366 g/mol. The van der Waals surface area contributed by atoms with Gasteiger partial charge in [-0.05, 0) is 55.7 Å². The number of rotatable bonds is 5. The molecule has 29 heavy (non-hydrogen) atoms. The molecule has 1 fully saturated rings. The molecule has 0 atom stereocenters. The van der Waals surface area contributed by atoms with Gasteiger partial charge in [0.15, 0.2) is 0 Å². The molecule has 3 aromatic rings. The predicted octanol–water partition coefficient (Wildman–Crippen LogP) is 4.08. The number of piperidine rings is 1. The van der Waals surface area contributed by atoms with Crippen LogP contribution in [-0.4, -0.2) is 42.7 Å². The highest BCUT2D eigenvalue weighted by Gasteiger charge is 2.26. The molecule has 0 bridgehead atoms. The summed E-state index contributed by atoms with van der Waals surface area (Å²) in [7, 11) is 1.61. The third kappa shape index (κ3) is 4.16. The summed E-state index contributed by atoms with van der Waals surface area (Å²) >= 11 is 0. The molecule has 0 spiro atoms. The van der Waals surface area contributed by atoms with E-state index in [-0.39, 0.29) is 11.9 Å². The molecule has 2 aromatic heterocycles. The third-order valence-corrected chi connectivity index (χ3v) is 5.39. The van der Waals surface area contributed by atoms with Gasteiger partial charge in [-0.2, -0.15) is 0 Å². The Bertz CT molecular complexity index is 996. The molecule has 3 heterocycles. The second-order valence-electron chi connectivity index (χ2n) is 7.18. The van der Waals surface area contributed by atoms with Crippen molar-refractivity contribution in [3.63, 3.8) is 0 Å². The number of hydrogen-bond donors (Lipinski definition) is 0. The summed E-state index contributed by atoms with van der Waals surface area (Å²) in [6, 6.07) is 14.3. The zero-order chi connectivity index (χ0) is 20.2. The van der Waals surface area contributed by atoms with Crippen molar-refractivity contribution in [1.82, 2.24) is 9.97 Å². The predicted molar refractivity (Wildman–Crippen MR) is 113 cm³/mol. The van der Waals surface area contributed by atoms with Crippen molar-refractivity contribution in [3.8, 4) is 17.0 Å². The largest absolute Gasteiger partial charge is 0.481 e. The first-order chi connectivity index (χ1) is 14.2. The van der Waals surface area contributed by atoms with E-state index < -0.39 is 0 Å². The Morgan fingerprint density at radius 3 is 2.59 bits per heavy atom. The van der Waals surface area contributed by atoms with Crippen molar-refractivity contribution in [3.05, 3.63) is 48.7 Å². The summed E-state index contributed by atoms with van der Waals surface area (Å²) < 4.78 is 10.3. The van der Waals surface area contributed by atoms with E-state index in [2.05, 4.69) is 34.1 Å². The quantitative estimate of drug-likeness (QED) is 0.611. The molecule has 1 saturated heterocycles. The van der Waals surface area contributed by atoms with Gasteiger partial charge in [0.2, 0.25) is 5.88 Å². The second kappa shape index (κ2) is 8.47. The van der Waals surface area contributed by atoms with Gasteiger partial charge in [0.25, 0.3) is 0 Å². The zero-order valence-electron chi connectivity index (χ0n) is 16.8. The van der Waals surface area contributed by atoms with Crippen molar-refractivity contribution in [2.45, 2.75) is 19.8 Å². The van der Waals surface area contributed by atoms with Gasteiger partial charge >= 0.3 is 5.97 Å². The summed E-state index contributed by atoms with van der Waals surface area (Å²) in [6.07, 6.45) is 3.43. The molecule has 0 unspecified atom stereocenters. The number of esters is 1. The number of nitrogens with zero attached hydrogens (tertiary/aromatic N) is 3. The topological polar surface area (TPSA) is 64.5 Å². The number of carbonyl (C=O) groups is 1. The monoisotopic (exact) mass is 391 g/mol. The Labute approximate surface area is 170 Å². The summed E-state index contributed by atoms with van der Waals surface area (Å²) in [5.41, 5.74) is 3.09. The fourth-order valence-corrected chi connectivity index (χ4v) is 3.75. The number of ether oxygens (including phenoxy) is 2. The second-order valence-corrected chi connectivity index (χ2v) is 7.18. The number of pyridine rings is 2. The first-order valence-corrected chi connectivity index (χ1v) is 10.0. The summed E-state index contributed by atoms with van der Waals surface area (Å²) in [6.45, 7) is 3.93. The van der Waals surface area contributed by atoms with Crippen LogP contribution in [0.5, 0.6) is 5.88 Å². The molecule has 6 heteroatoms. The highest BCUT2D eigenvalue weighted by Crippen LogP contribution is 2.28.